The monoisotopic (exact) mass is 576 g/mol. The maximum atomic E-state index is 13.0. The van der Waals surface area contributed by atoms with Gasteiger partial charge in [0.15, 0.2) is 0 Å². The highest BCUT2D eigenvalue weighted by Gasteiger charge is 2.40. The fourth-order valence-electron chi connectivity index (χ4n) is 6.42. The van der Waals surface area contributed by atoms with Crippen molar-refractivity contribution in [2.45, 2.75) is 46.1 Å². The first-order valence-corrected chi connectivity index (χ1v) is 15.4. The van der Waals surface area contributed by atoms with Crippen molar-refractivity contribution in [3.8, 4) is 28.3 Å². The van der Waals surface area contributed by atoms with Crippen LogP contribution in [0.5, 0.6) is 0 Å². The third-order valence-corrected chi connectivity index (χ3v) is 9.10. The highest BCUT2D eigenvalue weighted by Crippen LogP contribution is 2.37. The van der Waals surface area contributed by atoms with E-state index in [0.717, 1.165) is 92.1 Å². The van der Waals surface area contributed by atoms with E-state index in [0.29, 0.717) is 5.56 Å². The molecule has 2 aliphatic rings. The molecule has 2 saturated heterocycles. The Morgan fingerprint density at radius 3 is 2.35 bits per heavy atom. The number of pyridine rings is 2. The lowest BCUT2D eigenvalue weighted by atomic mass is 9.75. The zero-order valence-corrected chi connectivity index (χ0v) is 25.3. The van der Waals surface area contributed by atoms with Crippen molar-refractivity contribution in [2.24, 2.45) is 5.41 Å². The number of carbonyl (C=O) groups is 1. The molecule has 6 rings (SSSR count). The molecule has 2 fully saturated rings. The van der Waals surface area contributed by atoms with E-state index in [1.165, 1.54) is 5.69 Å². The molecule has 0 saturated carbocycles. The van der Waals surface area contributed by atoms with E-state index in [2.05, 4.69) is 81.0 Å². The van der Waals surface area contributed by atoms with Gasteiger partial charge in [0.2, 0.25) is 5.91 Å². The van der Waals surface area contributed by atoms with Crippen LogP contribution in [0.15, 0.2) is 61.1 Å². The van der Waals surface area contributed by atoms with Crippen LogP contribution in [0.25, 0.3) is 27.8 Å². The van der Waals surface area contributed by atoms with E-state index >= 15 is 0 Å². The molecular formula is C34H40N8O. The Hall–Kier alpha value is -4.42. The molecule has 0 unspecified atom stereocenters. The molecule has 1 amide bonds. The minimum atomic E-state index is -0.314. The summed E-state index contributed by atoms with van der Waals surface area (Å²) in [6.07, 6.45) is 7.96. The van der Waals surface area contributed by atoms with Crippen LogP contribution in [0.3, 0.4) is 0 Å². The van der Waals surface area contributed by atoms with Crippen molar-refractivity contribution in [3.63, 3.8) is 0 Å². The van der Waals surface area contributed by atoms with Gasteiger partial charge in [-0.2, -0.15) is 10.4 Å². The van der Waals surface area contributed by atoms with Crippen molar-refractivity contribution < 1.29 is 4.79 Å². The summed E-state index contributed by atoms with van der Waals surface area (Å²) in [4.78, 5) is 22.5. The molecule has 43 heavy (non-hydrogen) atoms. The highest BCUT2D eigenvalue weighted by molar-refractivity contribution is 5.88. The van der Waals surface area contributed by atoms with E-state index in [1.807, 2.05) is 26.2 Å². The standard InChI is InChI=1S/C34H40N8O/c1-4-34(33(43)39-24(2)3)11-15-41(16-12-34)31-10-7-26(21-37-31)30-19-27(23-42-32(30)28(20-35)22-38-42)25-5-8-29(9-6-25)40-17-13-36-14-18-40/h5-10,19,21-24,36H,4,11-18H2,1-3H3,(H,39,43). The maximum absolute atomic E-state index is 13.0. The quantitative estimate of drug-likeness (QED) is 0.324. The van der Waals surface area contributed by atoms with Crippen LogP contribution in [0.2, 0.25) is 0 Å². The summed E-state index contributed by atoms with van der Waals surface area (Å²) in [5.41, 5.74) is 6.20. The van der Waals surface area contributed by atoms with Crippen LogP contribution in [0.1, 0.15) is 45.6 Å². The number of benzene rings is 1. The van der Waals surface area contributed by atoms with Crippen molar-refractivity contribution in [1.82, 2.24) is 25.2 Å². The fraction of sp³-hybridized carbons (Fsp3) is 0.412. The number of amides is 1. The molecule has 0 atom stereocenters. The number of rotatable bonds is 7. The molecular weight excluding hydrogens is 536 g/mol. The molecule has 0 bridgehead atoms. The van der Waals surface area contributed by atoms with Gasteiger partial charge in [0.25, 0.3) is 0 Å². The number of hydrogen-bond acceptors (Lipinski definition) is 7. The highest BCUT2D eigenvalue weighted by atomic mass is 16.2. The summed E-state index contributed by atoms with van der Waals surface area (Å²) in [5.74, 6) is 1.08. The Morgan fingerprint density at radius 2 is 1.72 bits per heavy atom. The molecule has 1 aromatic carbocycles. The Balaban J connectivity index is 1.26. The summed E-state index contributed by atoms with van der Waals surface area (Å²) < 4.78 is 1.80. The molecule has 2 aliphatic heterocycles. The molecule has 9 heteroatoms. The normalized spacial score (nSPS) is 16.8. The van der Waals surface area contributed by atoms with Crippen molar-refractivity contribution in [3.05, 3.63) is 66.6 Å². The molecule has 222 valence electrons. The number of aromatic nitrogens is 3. The predicted molar refractivity (Wildman–Crippen MR) is 171 cm³/mol. The van der Waals surface area contributed by atoms with E-state index in [-0.39, 0.29) is 17.4 Å². The number of nitrogens with one attached hydrogen (secondary N) is 2. The molecule has 2 N–H and O–H groups in total. The Bertz CT molecular complexity index is 1620. The van der Waals surface area contributed by atoms with Gasteiger partial charge in [0.05, 0.1) is 22.7 Å². The zero-order chi connectivity index (χ0) is 30.0. The average molecular weight is 577 g/mol. The SMILES string of the molecule is CCC1(C(=O)NC(C)C)CCN(c2ccc(-c3cc(-c4ccc(N5CCNCC5)cc4)cn4ncc(C#N)c34)cn2)CC1. The lowest BCUT2D eigenvalue weighted by molar-refractivity contribution is -0.133. The predicted octanol–water partition coefficient (Wildman–Crippen LogP) is 4.87. The van der Waals surface area contributed by atoms with Gasteiger partial charge in [0, 0.05) is 80.1 Å². The van der Waals surface area contributed by atoms with Crippen LogP contribution in [-0.2, 0) is 4.79 Å². The van der Waals surface area contributed by atoms with Crippen LogP contribution in [0.4, 0.5) is 11.5 Å². The topological polar surface area (TPSA) is 102 Å². The van der Waals surface area contributed by atoms with E-state index in [1.54, 1.807) is 10.7 Å². The number of anilines is 2. The van der Waals surface area contributed by atoms with E-state index < -0.39 is 0 Å². The molecule has 0 spiro atoms. The number of fused-ring (bicyclic) bond motifs is 1. The van der Waals surface area contributed by atoms with Crippen LogP contribution in [0, 0.1) is 16.7 Å². The summed E-state index contributed by atoms with van der Waals surface area (Å²) in [6.45, 7) is 11.7. The van der Waals surface area contributed by atoms with Crippen molar-refractivity contribution >= 4 is 22.9 Å². The van der Waals surface area contributed by atoms with E-state index in [4.69, 9.17) is 4.98 Å². The minimum absolute atomic E-state index is 0.141. The third-order valence-electron chi connectivity index (χ3n) is 9.10. The molecule has 9 nitrogen and oxygen atoms in total. The van der Waals surface area contributed by atoms with Gasteiger partial charge in [-0.1, -0.05) is 19.1 Å². The smallest absolute Gasteiger partial charge is 0.226 e. The zero-order valence-electron chi connectivity index (χ0n) is 25.3. The van der Waals surface area contributed by atoms with Crippen molar-refractivity contribution in [1.29, 1.82) is 5.26 Å². The number of hydrogen-bond donors (Lipinski definition) is 2. The molecule has 4 aromatic rings. The molecule has 5 heterocycles. The number of nitrogens with zero attached hydrogens (tertiary/aromatic N) is 6. The molecule has 0 aliphatic carbocycles. The Kier molecular flexibility index (Phi) is 8.04. The second kappa shape index (κ2) is 12.1. The number of piperidine rings is 1. The average Bonchev–Trinajstić information content (AvgIpc) is 3.48. The van der Waals surface area contributed by atoms with Gasteiger partial charge in [-0.15, -0.1) is 0 Å². The second-order valence-electron chi connectivity index (χ2n) is 12.0. The first kappa shape index (κ1) is 28.7. The van der Waals surface area contributed by atoms with Crippen LogP contribution in [-0.4, -0.2) is 65.8 Å². The van der Waals surface area contributed by atoms with Gasteiger partial charge in [0.1, 0.15) is 11.9 Å². The Morgan fingerprint density at radius 1 is 1.00 bits per heavy atom. The van der Waals surface area contributed by atoms with Gasteiger partial charge < -0.3 is 20.4 Å². The van der Waals surface area contributed by atoms with Crippen LogP contribution >= 0.6 is 0 Å². The second-order valence-corrected chi connectivity index (χ2v) is 12.0. The number of nitriles is 1. The van der Waals surface area contributed by atoms with Crippen molar-refractivity contribution in [2.75, 3.05) is 49.1 Å². The first-order valence-electron chi connectivity index (χ1n) is 15.4. The third kappa shape index (κ3) is 5.67. The van der Waals surface area contributed by atoms with Gasteiger partial charge >= 0.3 is 0 Å². The lowest BCUT2D eigenvalue weighted by Crippen LogP contribution is -2.50. The van der Waals surface area contributed by atoms with Gasteiger partial charge in [-0.05, 0) is 69.0 Å². The first-order chi connectivity index (χ1) is 20.9. The van der Waals surface area contributed by atoms with Gasteiger partial charge in [-0.3, -0.25) is 4.79 Å². The largest absolute Gasteiger partial charge is 0.369 e. The summed E-state index contributed by atoms with van der Waals surface area (Å²) in [5, 5.41) is 20.9. The summed E-state index contributed by atoms with van der Waals surface area (Å²) >= 11 is 0. The van der Waals surface area contributed by atoms with Crippen LogP contribution < -0.4 is 20.4 Å². The van der Waals surface area contributed by atoms with Gasteiger partial charge in [-0.25, -0.2) is 9.50 Å². The number of carbonyl (C=O) groups excluding carboxylic acids is 1. The van der Waals surface area contributed by atoms with E-state index in [9.17, 15) is 10.1 Å². The molecule has 0 radical (unpaired) electrons. The Labute approximate surface area is 253 Å². The minimum Gasteiger partial charge on any atom is -0.369 e. The maximum Gasteiger partial charge on any atom is 0.226 e. The fourth-order valence-corrected chi connectivity index (χ4v) is 6.42. The summed E-state index contributed by atoms with van der Waals surface area (Å²) in [6, 6.07) is 17.4. The summed E-state index contributed by atoms with van der Waals surface area (Å²) in [7, 11) is 0. The molecule has 3 aromatic heterocycles. The number of piperazine rings is 1. The lowest BCUT2D eigenvalue weighted by Gasteiger charge is -2.41.